The number of fused-ring (bicyclic) bond motifs is 1. The maximum absolute atomic E-state index is 14.2. The van der Waals surface area contributed by atoms with Crippen LogP contribution in [-0.2, 0) is 17.8 Å². The summed E-state index contributed by atoms with van der Waals surface area (Å²) < 4.78 is 45.5. The maximum atomic E-state index is 14.2. The zero-order chi connectivity index (χ0) is 21.7. The maximum Gasteiger partial charge on any atom is 0.410 e. The largest absolute Gasteiger partial charge is 0.442 e. The highest BCUT2D eigenvalue weighted by Gasteiger charge is 2.37. The highest BCUT2D eigenvalue weighted by Crippen LogP contribution is 2.33. The molecule has 5 rings (SSSR count). The Kier molecular flexibility index (Phi) is 4.82. The summed E-state index contributed by atoms with van der Waals surface area (Å²) in [6.07, 6.45) is -1.59. The molecule has 0 radical (unpaired) electrons. The minimum absolute atomic E-state index is 0.149. The van der Waals surface area contributed by atoms with Crippen molar-refractivity contribution >= 4 is 17.7 Å². The van der Waals surface area contributed by atoms with E-state index in [4.69, 9.17) is 4.74 Å². The highest BCUT2D eigenvalue weighted by molar-refractivity contribution is 5.70. The third kappa shape index (κ3) is 3.51. The lowest BCUT2D eigenvalue weighted by molar-refractivity contribution is 0.0486. The second-order valence-corrected chi connectivity index (χ2v) is 7.97. The number of pyridine rings is 1. The molecular weight excluding hydrogens is 413 g/mol. The van der Waals surface area contributed by atoms with Gasteiger partial charge in [-0.2, -0.15) is 0 Å². The predicted octanol–water partition coefficient (Wildman–Crippen LogP) is 2.81. The van der Waals surface area contributed by atoms with E-state index >= 15 is 0 Å². The molecule has 0 saturated carbocycles. The molecule has 31 heavy (non-hydrogen) atoms. The van der Waals surface area contributed by atoms with Crippen LogP contribution in [0.1, 0.15) is 35.5 Å². The fourth-order valence-corrected chi connectivity index (χ4v) is 4.02. The van der Waals surface area contributed by atoms with Gasteiger partial charge in [-0.1, -0.05) is 0 Å². The van der Waals surface area contributed by atoms with E-state index in [1.807, 2.05) is 6.92 Å². The molecule has 2 fully saturated rings. The summed E-state index contributed by atoms with van der Waals surface area (Å²) in [6, 6.07) is 0.963. The smallest absolute Gasteiger partial charge is 0.410 e. The number of halogens is 3. The summed E-state index contributed by atoms with van der Waals surface area (Å²) in [7, 11) is 0. The monoisotopic (exact) mass is 434 g/mol. The van der Waals surface area contributed by atoms with E-state index in [0.717, 1.165) is 48.8 Å². The Labute approximate surface area is 176 Å². The molecule has 1 amide bonds. The second-order valence-electron chi connectivity index (χ2n) is 7.97. The van der Waals surface area contributed by atoms with E-state index in [9.17, 15) is 18.0 Å². The molecule has 0 N–H and O–H groups in total. The quantitative estimate of drug-likeness (QED) is 0.733. The lowest BCUT2D eigenvalue weighted by Gasteiger charge is -2.39. The first kappa shape index (κ1) is 19.8. The van der Waals surface area contributed by atoms with Crippen LogP contribution in [0.15, 0.2) is 12.3 Å². The van der Waals surface area contributed by atoms with Crippen LogP contribution in [0, 0.1) is 12.7 Å². The van der Waals surface area contributed by atoms with Gasteiger partial charge in [-0.05, 0) is 19.4 Å². The Morgan fingerprint density at radius 3 is 2.61 bits per heavy atom. The van der Waals surface area contributed by atoms with Crippen molar-refractivity contribution in [3.8, 4) is 0 Å². The number of amides is 1. The number of ether oxygens (including phenoxy) is 1. The topological polar surface area (TPSA) is 74.7 Å². The fraction of sp³-hybridized carbons (Fsp3) is 0.500. The second kappa shape index (κ2) is 7.54. The number of aromatic nitrogens is 3. The van der Waals surface area contributed by atoms with E-state index in [0.29, 0.717) is 18.9 Å². The number of rotatable bonds is 4. The van der Waals surface area contributed by atoms with Crippen molar-refractivity contribution in [3.63, 3.8) is 0 Å². The Hall–Kier alpha value is -3.11. The van der Waals surface area contributed by atoms with Crippen molar-refractivity contribution in [2.45, 2.75) is 39.0 Å². The predicted molar refractivity (Wildman–Crippen MR) is 104 cm³/mol. The number of nitrogens with zero attached hydrogens (tertiary/aromatic N) is 6. The fourth-order valence-electron chi connectivity index (χ4n) is 4.02. The highest BCUT2D eigenvalue weighted by atomic mass is 19.3. The summed E-state index contributed by atoms with van der Waals surface area (Å²) in [5.41, 5.74) is 1.10. The molecule has 0 aromatic carbocycles. The van der Waals surface area contributed by atoms with E-state index in [2.05, 4.69) is 19.9 Å². The van der Waals surface area contributed by atoms with E-state index in [-0.39, 0.29) is 18.9 Å². The zero-order valence-corrected chi connectivity index (χ0v) is 16.9. The average molecular weight is 434 g/mol. The third-order valence-electron chi connectivity index (χ3n) is 5.84. The molecular formula is C20H21F3N6O2. The summed E-state index contributed by atoms with van der Waals surface area (Å²) in [5, 5.41) is 0. The molecule has 11 heteroatoms. The molecule has 2 saturated heterocycles. The van der Waals surface area contributed by atoms with Crippen molar-refractivity contribution in [2.24, 2.45) is 0 Å². The molecule has 2 aromatic heterocycles. The molecule has 0 spiro atoms. The van der Waals surface area contributed by atoms with E-state index in [1.165, 1.54) is 4.90 Å². The number of carbonyl (C=O) groups excluding carboxylic acids is 1. The van der Waals surface area contributed by atoms with Crippen LogP contribution in [-0.4, -0.2) is 58.2 Å². The summed E-state index contributed by atoms with van der Waals surface area (Å²) in [6.45, 7) is 4.85. The van der Waals surface area contributed by atoms with Crippen LogP contribution in [0.4, 0.5) is 29.6 Å². The average Bonchev–Trinajstić information content (AvgIpc) is 3.07. The van der Waals surface area contributed by atoms with E-state index < -0.39 is 30.0 Å². The van der Waals surface area contributed by atoms with Gasteiger partial charge in [-0.15, -0.1) is 0 Å². The van der Waals surface area contributed by atoms with Crippen molar-refractivity contribution in [3.05, 3.63) is 40.7 Å². The molecule has 0 unspecified atom stereocenters. The Morgan fingerprint density at radius 1 is 1.16 bits per heavy atom. The minimum atomic E-state index is -2.92. The van der Waals surface area contributed by atoms with E-state index in [1.54, 1.807) is 4.90 Å². The van der Waals surface area contributed by atoms with Crippen molar-refractivity contribution < 1.29 is 22.7 Å². The molecule has 0 aliphatic carbocycles. The Balaban J connectivity index is 1.20. The Morgan fingerprint density at radius 2 is 1.94 bits per heavy atom. The van der Waals surface area contributed by atoms with Crippen LogP contribution >= 0.6 is 0 Å². The van der Waals surface area contributed by atoms with Crippen LogP contribution in [0.25, 0.3) is 0 Å². The molecule has 164 valence electrons. The van der Waals surface area contributed by atoms with Gasteiger partial charge in [0.15, 0.2) is 11.6 Å². The first-order valence-corrected chi connectivity index (χ1v) is 10.1. The van der Waals surface area contributed by atoms with Gasteiger partial charge in [0.25, 0.3) is 6.43 Å². The number of anilines is 2. The summed E-state index contributed by atoms with van der Waals surface area (Å²) >= 11 is 0. The number of hydrogen-bond acceptors (Lipinski definition) is 7. The van der Waals surface area contributed by atoms with Crippen molar-refractivity contribution in [2.75, 3.05) is 36.0 Å². The van der Waals surface area contributed by atoms with Gasteiger partial charge in [-0.25, -0.2) is 32.9 Å². The first-order valence-electron chi connectivity index (χ1n) is 10.1. The minimum Gasteiger partial charge on any atom is -0.442 e. The van der Waals surface area contributed by atoms with Crippen LogP contribution in [0.2, 0.25) is 0 Å². The molecule has 0 bridgehead atoms. The van der Waals surface area contributed by atoms with Gasteiger partial charge in [0, 0.05) is 24.8 Å². The van der Waals surface area contributed by atoms with Gasteiger partial charge >= 0.3 is 6.09 Å². The zero-order valence-electron chi connectivity index (χ0n) is 16.9. The molecule has 3 aliphatic heterocycles. The molecule has 5 heterocycles. The number of hydrogen-bond donors (Lipinski definition) is 0. The van der Waals surface area contributed by atoms with Gasteiger partial charge in [0.1, 0.15) is 17.7 Å². The van der Waals surface area contributed by atoms with Crippen LogP contribution < -0.4 is 9.80 Å². The third-order valence-corrected chi connectivity index (χ3v) is 5.84. The SMILES string of the molecule is Cc1nc2c(c(N3CCC3)n1)CN(C(=O)OC1CN(c3nccc(C(F)F)c3F)C1)C2. The molecule has 2 aromatic rings. The lowest BCUT2D eigenvalue weighted by atomic mass is 10.1. The van der Waals surface area contributed by atoms with Gasteiger partial charge in [-0.3, -0.25) is 4.90 Å². The lowest BCUT2D eigenvalue weighted by Crippen LogP contribution is -2.54. The molecule has 3 aliphatic rings. The standard InChI is InChI=1S/C20H21F3N6O2/c1-11-25-15-10-29(9-14(15)18(26-11)27-5-2-6-27)20(30)31-12-7-28(8-12)19-16(21)13(17(22)23)3-4-24-19/h3-4,12,17H,2,5-10H2,1H3. The number of carbonyl (C=O) groups is 1. The van der Waals surface area contributed by atoms with Gasteiger partial charge in [0.05, 0.1) is 37.4 Å². The number of alkyl halides is 2. The van der Waals surface area contributed by atoms with Gasteiger partial charge < -0.3 is 14.5 Å². The summed E-state index contributed by atoms with van der Waals surface area (Å²) in [4.78, 5) is 30.8. The first-order chi connectivity index (χ1) is 14.9. The van der Waals surface area contributed by atoms with Crippen LogP contribution in [0.3, 0.4) is 0 Å². The molecule has 0 atom stereocenters. The van der Waals surface area contributed by atoms with Gasteiger partial charge in [0.2, 0.25) is 0 Å². The summed E-state index contributed by atoms with van der Waals surface area (Å²) in [5.74, 6) is 0.374. The van der Waals surface area contributed by atoms with Crippen LogP contribution in [0.5, 0.6) is 0 Å². The molecule has 8 nitrogen and oxygen atoms in total. The van der Waals surface area contributed by atoms with Crippen molar-refractivity contribution in [1.82, 2.24) is 19.9 Å². The Bertz CT molecular complexity index is 1030. The normalized spacial score (nSPS) is 18.2. The van der Waals surface area contributed by atoms with Crippen molar-refractivity contribution in [1.29, 1.82) is 0 Å². The number of aryl methyl sites for hydroxylation is 1.